The van der Waals surface area contributed by atoms with Crippen molar-refractivity contribution in [3.8, 4) is 0 Å². The van der Waals surface area contributed by atoms with Gasteiger partial charge in [0, 0.05) is 6.61 Å². The summed E-state index contributed by atoms with van der Waals surface area (Å²) in [5.74, 6) is 0. The fourth-order valence-corrected chi connectivity index (χ4v) is 0. The summed E-state index contributed by atoms with van der Waals surface area (Å²) >= 11 is 0. The standard InChI is InChI=1S/C2H6O.K.H2S.H/c1-2-3;;;/h3H,2H2,1H3;;1H2;/q;+1;;-1. The minimum Gasteiger partial charge on any atom is -1.00 e. The Morgan fingerprint density at radius 3 is 1.80 bits per heavy atom. The summed E-state index contributed by atoms with van der Waals surface area (Å²) < 4.78 is 0. The van der Waals surface area contributed by atoms with Crippen LogP contribution in [0.25, 0.3) is 0 Å². The Labute approximate surface area is 83.5 Å². The molecule has 0 fully saturated rings. The molecule has 0 heterocycles. The molecule has 0 aromatic heterocycles. The van der Waals surface area contributed by atoms with Crippen LogP contribution >= 0.6 is 13.5 Å². The summed E-state index contributed by atoms with van der Waals surface area (Å²) in [6, 6.07) is 0. The molecule has 0 rings (SSSR count). The molecule has 0 saturated carbocycles. The predicted molar refractivity (Wildman–Crippen MR) is 24.3 cm³/mol. The number of hydrogen-bond acceptors (Lipinski definition) is 1. The van der Waals surface area contributed by atoms with Crippen LogP contribution in [-0.2, 0) is 0 Å². The van der Waals surface area contributed by atoms with Crippen LogP contribution in [0.1, 0.15) is 8.35 Å². The van der Waals surface area contributed by atoms with Crippen LogP contribution in [0.3, 0.4) is 0 Å². The van der Waals surface area contributed by atoms with Crippen molar-refractivity contribution in [2.75, 3.05) is 6.61 Å². The van der Waals surface area contributed by atoms with E-state index in [0.717, 1.165) is 0 Å². The van der Waals surface area contributed by atoms with E-state index < -0.39 is 0 Å². The molecule has 0 aliphatic heterocycles. The molecule has 0 saturated heterocycles. The largest absolute Gasteiger partial charge is 1.00 e. The smallest absolute Gasteiger partial charge is 1.00 e. The molecule has 30 valence electrons. The zero-order valence-corrected chi connectivity index (χ0v) is 7.78. The molecule has 0 aromatic rings. The summed E-state index contributed by atoms with van der Waals surface area (Å²) in [5, 5.41) is 7.57. The second-order valence-corrected chi connectivity index (χ2v) is 0.316. The molecule has 0 unspecified atom stereocenters. The van der Waals surface area contributed by atoms with Gasteiger partial charge < -0.3 is 6.53 Å². The van der Waals surface area contributed by atoms with Gasteiger partial charge in [-0.15, -0.1) is 0 Å². The van der Waals surface area contributed by atoms with Crippen molar-refractivity contribution < 1.29 is 57.9 Å². The Hall–Kier alpha value is 1.95. The number of hydrogen-bond donors (Lipinski definition) is 1. The Morgan fingerprint density at radius 2 is 1.80 bits per heavy atom. The first kappa shape index (κ1) is 15.8. The molecule has 0 aliphatic carbocycles. The summed E-state index contributed by atoms with van der Waals surface area (Å²) in [4.78, 5) is 0. The van der Waals surface area contributed by atoms with Gasteiger partial charge in [0.25, 0.3) is 0 Å². The molecule has 1 nitrogen and oxygen atoms in total. The second kappa shape index (κ2) is 16.8. The van der Waals surface area contributed by atoms with E-state index in [-0.39, 0.29) is 72.9 Å². The van der Waals surface area contributed by atoms with Crippen molar-refractivity contribution in [3.63, 3.8) is 0 Å². The minimum absolute atomic E-state index is 0. The van der Waals surface area contributed by atoms with Gasteiger partial charge in [-0.25, -0.2) is 0 Å². The van der Waals surface area contributed by atoms with Crippen LogP contribution in [0, 0.1) is 0 Å². The van der Waals surface area contributed by atoms with Gasteiger partial charge in [0.15, 0.2) is 0 Å². The summed E-state index contributed by atoms with van der Waals surface area (Å²) in [6.07, 6.45) is 0. The number of aliphatic hydroxyl groups excluding tert-OH is 1. The van der Waals surface area contributed by atoms with Crippen molar-refractivity contribution in [3.05, 3.63) is 0 Å². The third kappa shape index (κ3) is 24.4. The van der Waals surface area contributed by atoms with Crippen molar-refractivity contribution in [2.45, 2.75) is 6.92 Å². The van der Waals surface area contributed by atoms with E-state index in [9.17, 15) is 0 Å². The SMILES string of the molecule is CCO.S.[H-].[K+]. The van der Waals surface area contributed by atoms with Crippen LogP contribution in [0.2, 0.25) is 0 Å². The van der Waals surface area contributed by atoms with Crippen LogP contribution in [0.5, 0.6) is 0 Å². The monoisotopic (exact) mass is 120 g/mol. The van der Waals surface area contributed by atoms with E-state index in [1.165, 1.54) is 0 Å². The molecule has 0 amide bonds. The van der Waals surface area contributed by atoms with Gasteiger partial charge in [-0.2, -0.15) is 13.5 Å². The van der Waals surface area contributed by atoms with Gasteiger partial charge >= 0.3 is 51.4 Å². The Kier molecular flexibility index (Phi) is 52.9. The first-order valence-corrected chi connectivity index (χ1v) is 1.02. The zero-order chi connectivity index (χ0) is 2.71. The Morgan fingerprint density at radius 1 is 1.80 bits per heavy atom. The maximum atomic E-state index is 7.57. The average Bonchev–Trinajstić information content (AvgIpc) is 0.918. The number of rotatable bonds is 0. The molecule has 0 atom stereocenters. The fraction of sp³-hybridized carbons (Fsp3) is 1.00. The molecular weight excluding hydrogens is 111 g/mol. The topological polar surface area (TPSA) is 20.2 Å². The first-order chi connectivity index (χ1) is 1.41. The van der Waals surface area contributed by atoms with Gasteiger partial charge in [0.05, 0.1) is 0 Å². The first-order valence-electron chi connectivity index (χ1n) is 1.02. The summed E-state index contributed by atoms with van der Waals surface area (Å²) in [7, 11) is 0. The van der Waals surface area contributed by atoms with E-state index in [4.69, 9.17) is 5.11 Å². The summed E-state index contributed by atoms with van der Waals surface area (Å²) in [5.41, 5.74) is 0. The van der Waals surface area contributed by atoms with E-state index in [0.29, 0.717) is 0 Å². The predicted octanol–water partition coefficient (Wildman–Crippen LogP) is -2.77. The molecule has 0 spiro atoms. The van der Waals surface area contributed by atoms with E-state index in [1.54, 1.807) is 6.92 Å². The van der Waals surface area contributed by atoms with Gasteiger partial charge in [-0.05, 0) is 6.92 Å². The third-order valence-electron chi connectivity index (χ3n) is 0. The van der Waals surface area contributed by atoms with Gasteiger partial charge in [0.1, 0.15) is 0 Å². The molecule has 0 bridgehead atoms. The van der Waals surface area contributed by atoms with Gasteiger partial charge in [-0.1, -0.05) is 0 Å². The van der Waals surface area contributed by atoms with E-state index in [1.807, 2.05) is 0 Å². The maximum absolute atomic E-state index is 7.57. The van der Waals surface area contributed by atoms with Gasteiger partial charge in [0.2, 0.25) is 0 Å². The normalized spacial score (nSPS) is 3.60. The molecule has 0 radical (unpaired) electrons. The minimum atomic E-state index is 0. The van der Waals surface area contributed by atoms with E-state index >= 15 is 0 Å². The Balaban J connectivity index is -0.00000000667. The quantitative estimate of drug-likeness (QED) is 0.343. The van der Waals surface area contributed by atoms with E-state index in [2.05, 4.69) is 0 Å². The molecule has 0 aliphatic rings. The maximum Gasteiger partial charge on any atom is 1.00 e. The molecule has 1 N–H and O–H groups in total. The van der Waals surface area contributed by atoms with Gasteiger partial charge in [-0.3, -0.25) is 0 Å². The van der Waals surface area contributed by atoms with Crippen molar-refractivity contribution in [1.29, 1.82) is 0 Å². The zero-order valence-electron chi connectivity index (χ0n) is 4.65. The van der Waals surface area contributed by atoms with Crippen molar-refractivity contribution >= 4 is 13.5 Å². The molecule has 5 heavy (non-hydrogen) atoms. The molecule has 0 aromatic carbocycles. The molecule has 3 heteroatoms. The summed E-state index contributed by atoms with van der Waals surface area (Å²) in [6.45, 7) is 1.93. The average molecular weight is 120 g/mol. The van der Waals surface area contributed by atoms with Crippen molar-refractivity contribution in [1.82, 2.24) is 0 Å². The second-order valence-electron chi connectivity index (χ2n) is 0.316. The van der Waals surface area contributed by atoms with Crippen molar-refractivity contribution in [2.24, 2.45) is 0 Å². The van der Waals surface area contributed by atoms with Crippen LogP contribution in [0.15, 0.2) is 0 Å². The molecular formula is C2H9KOS. The number of aliphatic hydroxyl groups is 1. The van der Waals surface area contributed by atoms with Crippen LogP contribution in [0.4, 0.5) is 0 Å². The third-order valence-corrected chi connectivity index (χ3v) is 0. The Bertz CT molecular complexity index is 13.5. The fourth-order valence-electron chi connectivity index (χ4n) is 0. The van der Waals surface area contributed by atoms with Crippen LogP contribution in [-0.4, -0.2) is 11.7 Å². The van der Waals surface area contributed by atoms with Crippen LogP contribution < -0.4 is 51.4 Å².